The third-order valence-electron chi connectivity index (χ3n) is 5.15. The van der Waals surface area contributed by atoms with Crippen molar-refractivity contribution in [2.45, 2.75) is 50.6 Å². The van der Waals surface area contributed by atoms with E-state index in [0.29, 0.717) is 35.8 Å². The van der Waals surface area contributed by atoms with Crippen molar-refractivity contribution in [3.63, 3.8) is 0 Å². The van der Waals surface area contributed by atoms with Gasteiger partial charge in [-0.1, -0.05) is 6.07 Å². The summed E-state index contributed by atoms with van der Waals surface area (Å²) in [5, 5.41) is 0. The van der Waals surface area contributed by atoms with Gasteiger partial charge in [-0.2, -0.15) is 0 Å². The lowest BCUT2D eigenvalue weighted by Gasteiger charge is -2.28. The molecule has 1 saturated carbocycles. The first kappa shape index (κ1) is 21.1. The maximum atomic E-state index is 13.2. The molecule has 1 aromatic carbocycles. The van der Waals surface area contributed by atoms with Crippen molar-refractivity contribution in [2.75, 3.05) is 24.7 Å². The first-order valence-corrected chi connectivity index (χ1v) is 12.2. The highest BCUT2D eigenvalue weighted by Crippen LogP contribution is 2.27. The number of benzene rings is 1. The second kappa shape index (κ2) is 8.42. The van der Waals surface area contributed by atoms with E-state index in [9.17, 15) is 18.0 Å². The summed E-state index contributed by atoms with van der Waals surface area (Å²) in [6, 6.07) is 4.09. The fraction of sp³-hybridized carbons (Fsp3) is 0.579. The predicted molar refractivity (Wildman–Crippen MR) is 110 cm³/mol. The van der Waals surface area contributed by atoms with E-state index in [1.165, 1.54) is 23.9 Å². The zero-order chi connectivity index (χ0) is 20.5. The highest BCUT2D eigenvalue weighted by molar-refractivity contribution is 7.99. The van der Waals surface area contributed by atoms with Crippen LogP contribution in [0.3, 0.4) is 0 Å². The van der Waals surface area contributed by atoms with E-state index in [1.54, 1.807) is 22.8 Å². The minimum Gasteiger partial charge on any atom is -0.341 e. The standard InChI is InChI=1S/C19H27N3O4S2/c1-4-21(5-2)19(24)17-11-27-12-22(17)18(23)16-10-15(9-6-13(16)3)28(25,26)20-14-7-8-14/h6,9-10,14,17,20H,4-5,7-8,11-12H2,1-3H3/t17-/m1/s1. The average molecular weight is 426 g/mol. The van der Waals surface area contributed by atoms with Crippen LogP contribution < -0.4 is 4.72 Å². The fourth-order valence-electron chi connectivity index (χ4n) is 3.24. The molecule has 0 radical (unpaired) electrons. The molecular formula is C19H27N3O4S2. The molecule has 1 aliphatic heterocycles. The number of nitrogens with one attached hydrogen (secondary N) is 1. The van der Waals surface area contributed by atoms with Crippen LogP contribution in [0.4, 0.5) is 0 Å². The molecule has 1 N–H and O–H groups in total. The van der Waals surface area contributed by atoms with Crippen molar-refractivity contribution in [3.05, 3.63) is 29.3 Å². The first-order chi connectivity index (χ1) is 13.3. The summed E-state index contributed by atoms with van der Waals surface area (Å²) in [5.41, 5.74) is 1.03. The second-order valence-corrected chi connectivity index (χ2v) is 9.89. The third-order valence-corrected chi connectivity index (χ3v) is 7.68. The molecule has 1 heterocycles. The quantitative estimate of drug-likeness (QED) is 0.720. The molecule has 2 amide bonds. The monoisotopic (exact) mass is 425 g/mol. The number of aryl methyl sites for hydroxylation is 1. The molecular weight excluding hydrogens is 398 g/mol. The Morgan fingerprint density at radius 1 is 1.25 bits per heavy atom. The van der Waals surface area contributed by atoms with Crippen molar-refractivity contribution in [1.29, 1.82) is 0 Å². The Bertz CT molecular complexity index is 864. The van der Waals surface area contributed by atoms with Crippen molar-refractivity contribution < 1.29 is 18.0 Å². The lowest BCUT2D eigenvalue weighted by molar-refractivity contribution is -0.134. The molecule has 1 saturated heterocycles. The summed E-state index contributed by atoms with van der Waals surface area (Å²) < 4.78 is 27.7. The highest BCUT2D eigenvalue weighted by Gasteiger charge is 2.37. The molecule has 0 aromatic heterocycles. The lowest BCUT2D eigenvalue weighted by Crippen LogP contribution is -2.49. The van der Waals surface area contributed by atoms with Gasteiger partial charge in [-0.15, -0.1) is 11.8 Å². The van der Waals surface area contributed by atoms with E-state index in [0.717, 1.165) is 12.8 Å². The van der Waals surface area contributed by atoms with Crippen molar-refractivity contribution >= 4 is 33.6 Å². The number of carbonyl (C=O) groups excluding carboxylic acids is 2. The van der Waals surface area contributed by atoms with Crippen LogP contribution in [0.15, 0.2) is 23.1 Å². The number of amides is 2. The van der Waals surface area contributed by atoms with Crippen LogP contribution in [0.5, 0.6) is 0 Å². The Morgan fingerprint density at radius 2 is 1.93 bits per heavy atom. The number of nitrogens with zero attached hydrogens (tertiary/aromatic N) is 2. The van der Waals surface area contributed by atoms with E-state index in [1.807, 2.05) is 13.8 Å². The average Bonchev–Trinajstić information content (AvgIpc) is 3.32. The van der Waals surface area contributed by atoms with Gasteiger partial charge >= 0.3 is 0 Å². The molecule has 1 aliphatic carbocycles. The minimum absolute atomic E-state index is 0.00323. The van der Waals surface area contributed by atoms with Crippen LogP contribution in [0.2, 0.25) is 0 Å². The lowest BCUT2D eigenvalue weighted by atomic mass is 10.1. The summed E-state index contributed by atoms with van der Waals surface area (Å²) in [6.45, 7) is 6.81. The number of rotatable bonds is 7. The van der Waals surface area contributed by atoms with Crippen LogP contribution in [-0.2, 0) is 14.8 Å². The van der Waals surface area contributed by atoms with E-state index in [4.69, 9.17) is 0 Å². The molecule has 1 aromatic rings. The van der Waals surface area contributed by atoms with Crippen LogP contribution in [0, 0.1) is 6.92 Å². The van der Waals surface area contributed by atoms with Gasteiger partial charge in [-0.05, 0) is 51.3 Å². The Kier molecular flexibility index (Phi) is 6.36. The molecule has 2 fully saturated rings. The fourth-order valence-corrected chi connectivity index (χ4v) is 5.71. The molecule has 154 valence electrons. The molecule has 3 rings (SSSR count). The predicted octanol–water partition coefficient (Wildman–Crippen LogP) is 1.82. The Balaban J connectivity index is 1.86. The van der Waals surface area contributed by atoms with Crippen molar-refractivity contribution in [1.82, 2.24) is 14.5 Å². The van der Waals surface area contributed by atoms with E-state index >= 15 is 0 Å². The van der Waals surface area contributed by atoms with Crippen LogP contribution >= 0.6 is 11.8 Å². The number of hydrogen-bond donors (Lipinski definition) is 1. The number of sulfonamides is 1. The number of hydrogen-bond acceptors (Lipinski definition) is 5. The normalized spacial score (nSPS) is 19.7. The maximum Gasteiger partial charge on any atom is 0.255 e. The van der Waals surface area contributed by atoms with Crippen molar-refractivity contribution in [3.8, 4) is 0 Å². The van der Waals surface area contributed by atoms with Gasteiger partial charge in [0.05, 0.1) is 10.8 Å². The van der Waals surface area contributed by atoms with Gasteiger partial charge in [0.15, 0.2) is 0 Å². The Morgan fingerprint density at radius 3 is 2.54 bits per heavy atom. The molecule has 0 spiro atoms. The van der Waals surface area contributed by atoms with E-state index in [-0.39, 0.29) is 22.8 Å². The molecule has 1 atom stereocenters. The zero-order valence-corrected chi connectivity index (χ0v) is 18.1. The van der Waals surface area contributed by atoms with Crippen molar-refractivity contribution in [2.24, 2.45) is 0 Å². The van der Waals surface area contributed by atoms with Crippen LogP contribution in [-0.4, -0.2) is 66.8 Å². The summed E-state index contributed by atoms with van der Waals surface area (Å²) in [5.74, 6) is 0.630. The van der Waals surface area contributed by atoms with E-state index in [2.05, 4.69) is 4.72 Å². The van der Waals surface area contributed by atoms with Gasteiger partial charge in [0.1, 0.15) is 6.04 Å². The van der Waals surface area contributed by atoms with Gasteiger partial charge < -0.3 is 9.80 Å². The van der Waals surface area contributed by atoms with Gasteiger partial charge in [-0.3, -0.25) is 9.59 Å². The molecule has 7 nitrogen and oxygen atoms in total. The van der Waals surface area contributed by atoms with Crippen LogP contribution in [0.25, 0.3) is 0 Å². The summed E-state index contributed by atoms with van der Waals surface area (Å²) in [4.78, 5) is 29.4. The number of likely N-dealkylation sites (N-methyl/N-ethyl adjacent to an activating group) is 1. The topological polar surface area (TPSA) is 86.8 Å². The molecule has 9 heteroatoms. The zero-order valence-electron chi connectivity index (χ0n) is 16.5. The Labute approximate surface area is 170 Å². The van der Waals surface area contributed by atoms with Gasteiger partial charge in [-0.25, -0.2) is 13.1 Å². The smallest absolute Gasteiger partial charge is 0.255 e. The molecule has 2 aliphatic rings. The second-order valence-electron chi connectivity index (χ2n) is 7.17. The maximum absolute atomic E-state index is 13.2. The third kappa shape index (κ3) is 4.36. The highest BCUT2D eigenvalue weighted by atomic mass is 32.2. The molecule has 0 unspecified atom stereocenters. The first-order valence-electron chi connectivity index (χ1n) is 9.59. The van der Waals surface area contributed by atoms with Gasteiger partial charge in [0.2, 0.25) is 15.9 Å². The molecule has 0 bridgehead atoms. The van der Waals surface area contributed by atoms with E-state index < -0.39 is 16.1 Å². The van der Waals surface area contributed by atoms with Gasteiger partial charge in [0, 0.05) is 30.4 Å². The number of carbonyl (C=O) groups is 2. The molecule has 28 heavy (non-hydrogen) atoms. The summed E-state index contributed by atoms with van der Waals surface area (Å²) in [6.07, 6.45) is 1.69. The van der Waals surface area contributed by atoms with Gasteiger partial charge in [0.25, 0.3) is 5.91 Å². The largest absolute Gasteiger partial charge is 0.341 e. The Hall–Kier alpha value is -1.58. The minimum atomic E-state index is -3.65. The summed E-state index contributed by atoms with van der Waals surface area (Å²) >= 11 is 1.54. The SMILES string of the molecule is CCN(CC)C(=O)[C@H]1CSCN1C(=O)c1cc(S(=O)(=O)NC2CC2)ccc1C. The number of thioether (sulfide) groups is 1. The van der Waals surface area contributed by atoms with Crippen LogP contribution in [0.1, 0.15) is 42.6 Å². The summed E-state index contributed by atoms with van der Waals surface area (Å²) in [7, 11) is -3.65.